The third-order valence-corrected chi connectivity index (χ3v) is 5.92. The lowest BCUT2D eigenvalue weighted by Gasteiger charge is -2.13. The van der Waals surface area contributed by atoms with Gasteiger partial charge in [-0.25, -0.2) is 0 Å². The highest BCUT2D eigenvalue weighted by molar-refractivity contribution is 7.99. The van der Waals surface area contributed by atoms with Crippen LogP contribution in [0.5, 0.6) is 0 Å². The van der Waals surface area contributed by atoms with Crippen molar-refractivity contribution in [3.05, 3.63) is 41.2 Å². The largest absolute Gasteiger partial charge is 0.388 e. The number of nitrogens with zero attached hydrogens (tertiary/aromatic N) is 3. The Morgan fingerprint density at radius 3 is 2.33 bits per heavy atom. The molecule has 0 bridgehead atoms. The van der Waals surface area contributed by atoms with Gasteiger partial charge in [-0.2, -0.15) is 0 Å². The van der Waals surface area contributed by atoms with Crippen LogP contribution in [-0.4, -0.2) is 25.6 Å². The van der Waals surface area contributed by atoms with Gasteiger partial charge in [-0.15, -0.1) is 10.2 Å². The van der Waals surface area contributed by atoms with Gasteiger partial charge in [0.2, 0.25) is 0 Å². The smallest absolute Gasteiger partial charge is 0.191 e. The van der Waals surface area contributed by atoms with Crippen LogP contribution in [0.15, 0.2) is 29.4 Å². The summed E-state index contributed by atoms with van der Waals surface area (Å²) in [4.78, 5) is 0. The standard InChI is InChI=1S/C19H25N3OS/c1-12(2)13-3-5-14(6-4-13)17(23)11-24-19-21-20-18(15-7-8-15)22(19)16-9-10-16/h3-6,12,15-17,23H,7-11H2,1-2H3/t17-/m0/s1. The summed E-state index contributed by atoms with van der Waals surface area (Å²) in [6.45, 7) is 4.37. The number of hydrogen-bond acceptors (Lipinski definition) is 4. The van der Waals surface area contributed by atoms with E-state index in [4.69, 9.17) is 0 Å². The minimum absolute atomic E-state index is 0.468. The summed E-state index contributed by atoms with van der Waals surface area (Å²) in [6, 6.07) is 8.92. The molecule has 2 saturated carbocycles. The van der Waals surface area contributed by atoms with Gasteiger partial charge in [0.25, 0.3) is 0 Å². The van der Waals surface area contributed by atoms with Crippen LogP contribution in [0, 0.1) is 0 Å². The van der Waals surface area contributed by atoms with Gasteiger partial charge in [-0.3, -0.25) is 0 Å². The van der Waals surface area contributed by atoms with E-state index in [1.807, 2.05) is 12.1 Å². The molecule has 0 spiro atoms. The molecule has 1 N–H and O–H groups in total. The Hall–Kier alpha value is -1.33. The zero-order valence-corrected chi connectivity index (χ0v) is 15.2. The van der Waals surface area contributed by atoms with Crippen LogP contribution in [-0.2, 0) is 0 Å². The fourth-order valence-electron chi connectivity index (χ4n) is 3.04. The average molecular weight is 343 g/mol. The van der Waals surface area contributed by atoms with Gasteiger partial charge in [0.15, 0.2) is 5.16 Å². The fraction of sp³-hybridized carbons (Fsp3) is 0.579. The molecule has 128 valence electrons. The molecule has 2 aliphatic carbocycles. The first-order chi connectivity index (χ1) is 11.6. The normalized spacial score (nSPS) is 19.0. The lowest BCUT2D eigenvalue weighted by molar-refractivity contribution is 0.204. The molecule has 0 radical (unpaired) electrons. The average Bonchev–Trinajstić information content (AvgIpc) is 3.51. The molecule has 24 heavy (non-hydrogen) atoms. The maximum atomic E-state index is 10.5. The highest BCUT2D eigenvalue weighted by atomic mass is 32.2. The van der Waals surface area contributed by atoms with E-state index in [0.29, 0.717) is 23.6 Å². The van der Waals surface area contributed by atoms with Crippen LogP contribution in [0.4, 0.5) is 0 Å². The van der Waals surface area contributed by atoms with Crippen LogP contribution < -0.4 is 0 Å². The first kappa shape index (κ1) is 16.2. The maximum Gasteiger partial charge on any atom is 0.191 e. The van der Waals surface area contributed by atoms with Crippen LogP contribution in [0.3, 0.4) is 0 Å². The first-order valence-electron chi connectivity index (χ1n) is 8.99. The number of benzene rings is 1. The molecule has 1 aromatic carbocycles. The third-order valence-electron chi connectivity index (χ3n) is 4.90. The molecule has 0 aliphatic heterocycles. The van der Waals surface area contributed by atoms with E-state index in [9.17, 15) is 5.11 Å². The maximum absolute atomic E-state index is 10.5. The Kier molecular flexibility index (Phi) is 4.39. The van der Waals surface area contributed by atoms with E-state index in [-0.39, 0.29) is 0 Å². The summed E-state index contributed by atoms with van der Waals surface area (Å²) >= 11 is 1.63. The molecule has 2 fully saturated rings. The van der Waals surface area contributed by atoms with Gasteiger partial charge in [0.1, 0.15) is 5.82 Å². The van der Waals surface area contributed by atoms with Crippen molar-refractivity contribution < 1.29 is 5.11 Å². The molecule has 1 aromatic heterocycles. The number of rotatable bonds is 7. The van der Waals surface area contributed by atoms with Crippen molar-refractivity contribution in [2.45, 2.75) is 68.7 Å². The number of hydrogen-bond donors (Lipinski definition) is 1. The number of aliphatic hydroxyl groups excluding tert-OH is 1. The molecule has 2 aromatic rings. The Morgan fingerprint density at radius 1 is 1.08 bits per heavy atom. The zero-order valence-electron chi connectivity index (χ0n) is 14.4. The summed E-state index contributed by atoms with van der Waals surface area (Å²) in [5, 5.41) is 20.3. The molecule has 0 saturated heterocycles. The molecular formula is C19H25N3OS. The SMILES string of the molecule is CC(C)c1ccc([C@@H](O)CSc2nnc(C3CC3)n2C2CC2)cc1. The van der Waals surface area contributed by atoms with E-state index >= 15 is 0 Å². The van der Waals surface area contributed by atoms with Crippen molar-refractivity contribution in [3.63, 3.8) is 0 Å². The van der Waals surface area contributed by atoms with Crippen molar-refractivity contribution in [1.82, 2.24) is 14.8 Å². The Balaban J connectivity index is 1.43. The van der Waals surface area contributed by atoms with E-state index in [2.05, 4.69) is 40.7 Å². The monoisotopic (exact) mass is 343 g/mol. The third kappa shape index (κ3) is 3.38. The van der Waals surface area contributed by atoms with E-state index in [0.717, 1.165) is 10.7 Å². The minimum Gasteiger partial charge on any atom is -0.388 e. The van der Waals surface area contributed by atoms with Crippen molar-refractivity contribution >= 4 is 11.8 Å². The topological polar surface area (TPSA) is 50.9 Å². The summed E-state index contributed by atoms with van der Waals surface area (Å²) < 4.78 is 2.34. The first-order valence-corrected chi connectivity index (χ1v) is 9.97. The second kappa shape index (κ2) is 6.52. The van der Waals surface area contributed by atoms with E-state index < -0.39 is 6.10 Å². The predicted molar refractivity (Wildman–Crippen MR) is 96.5 cm³/mol. The number of aliphatic hydroxyl groups is 1. The van der Waals surface area contributed by atoms with Gasteiger partial charge in [-0.1, -0.05) is 49.9 Å². The quantitative estimate of drug-likeness (QED) is 0.755. The molecule has 0 amide bonds. The second-order valence-electron chi connectivity index (χ2n) is 7.36. The summed E-state index contributed by atoms with van der Waals surface area (Å²) in [5.41, 5.74) is 2.29. The molecule has 2 aliphatic rings. The molecule has 0 unspecified atom stereocenters. The number of thioether (sulfide) groups is 1. The Labute approximate surface area is 147 Å². The van der Waals surface area contributed by atoms with Gasteiger partial charge >= 0.3 is 0 Å². The van der Waals surface area contributed by atoms with Crippen LogP contribution in [0.25, 0.3) is 0 Å². The molecule has 4 nitrogen and oxygen atoms in total. The highest BCUT2D eigenvalue weighted by Crippen LogP contribution is 2.46. The lowest BCUT2D eigenvalue weighted by atomic mass is 10.0. The summed E-state index contributed by atoms with van der Waals surface area (Å²) in [5.74, 6) is 2.94. The Bertz CT molecular complexity index is 702. The molecule has 5 heteroatoms. The van der Waals surface area contributed by atoms with Crippen molar-refractivity contribution in [2.75, 3.05) is 5.75 Å². The molecule has 1 atom stereocenters. The fourth-order valence-corrected chi connectivity index (χ4v) is 4.02. The van der Waals surface area contributed by atoms with Crippen LogP contribution in [0.1, 0.15) is 80.5 Å². The van der Waals surface area contributed by atoms with Crippen molar-refractivity contribution in [3.8, 4) is 0 Å². The van der Waals surface area contributed by atoms with Crippen molar-refractivity contribution in [2.24, 2.45) is 0 Å². The second-order valence-corrected chi connectivity index (χ2v) is 8.35. The molecule has 4 rings (SSSR count). The van der Waals surface area contributed by atoms with E-state index in [1.165, 1.54) is 37.1 Å². The molecular weight excluding hydrogens is 318 g/mol. The van der Waals surface area contributed by atoms with Crippen molar-refractivity contribution in [1.29, 1.82) is 0 Å². The minimum atomic E-state index is -0.468. The Morgan fingerprint density at radius 2 is 1.75 bits per heavy atom. The van der Waals surface area contributed by atoms with Crippen LogP contribution in [0.2, 0.25) is 0 Å². The van der Waals surface area contributed by atoms with Crippen LogP contribution >= 0.6 is 11.8 Å². The molecule has 1 heterocycles. The number of aromatic nitrogens is 3. The highest BCUT2D eigenvalue weighted by Gasteiger charge is 2.36. The van der Waals surface area contributed by atoms with Gasteiger partial charge in [0.05, 0.1) is 6.10 Å². The predicted octanol–water partition coefficient (Wildman–Crippen LogP) is 4.44. The zero-order chi connectivity index (χ0) is 16.7. The van der Waals surface area contributed by atoms with Gasteiger partial charge < -0.3 is 9.67 Å². The summed E-state index contributed by atoms with van der Waals surface area (Å²) in [7, 11) is 0. The summed E-state index contributed by atoms with van der Waals surface area (Å²) in [6.07, 6.45) is 4.51. The lowest BCUT2D eigenvalue weighted by Crippen LogP contribution is -2.05. The van der Waals surface area contributed by atoms with Gasteiger partial charge in [-0.05, 0) is 42.7 Å². The van der Waals surface area contributed by atoms with E-state index in [1.54, 1.807) is 11.8 Å². The van der Waals surface area contributed by atoms with Gasteiger partial charge in [0, 0.05) is 17.7 Å².